The molecule has 0 heterocycles. The van der Waals surface area contributed by atoms with Crippen molar-refractivity contribution in [1.82, 2.24) is 0 Å². The maximum atomic E-state index is 14.4. The minimum Gasteiger partial charge on any atom is -0.465 e. The summed E-state index contributed by atoms with van der Waals surface area (Å²) in [5.74, 6) is -1.58. The van der Waals surface area contributed by atoms with E-state index in [1.54, 1.807) is 19.1 Å². The molecule has 0 aliphatic heterocycles. The lowest BCUT2D eigenvalue weighted by Crippen LogP contribution is -2.15. The van der Waals surface area contributed by atoms with Gasteiger partial charge in [-0.25, -0.2) is 4.39 Å². The Labute approximate surface area is 144 Å². The van der Waals surface area contributed by atoms with Gasteiger partial charge >= 0.3 is 5.97 Å². The molecular formula is C18H18FNO5. The minimum atomic E-state index is -0.901. The summed E-state index contributed by atoms with van der Waals surface area (Å²) < 4.78 is 19.4. The summed E-state index contributed by atoms with van der Waals surface area (Å²) in [4.78, 5) is 26.1. The first-order valence-electron chi connectivity index (χ1n) is 7.78. The second-order valence-electron chi connectivity index (χ2n) is 5.40. The van der Waals surface area contributed by atoms with Gasteiger partial charge in [0.15, 0.2) is 0 Å². The van der Waals surface area contributed by atoms with Gasteiger partial charge in [-0.15, -0.1) is 10.1 Å². The molecule has 0 radical (unpaired) electrons. The fourth-order valence-electron chi connectivity index (χ4n) is 2.28. The monoisotopic (exact) mass is 347 g/mol. The Morgan fingerprint density at radius 1 is 1.20 bits per heavy atom. The van der Waals surface area contributed by atoms with Gasteiger partial charge in [0.2, 0.25) is 0 Å². The van der Waals surface area contributed by atoms with Crippen molar-refractivity contribution in [2.75, 3.05) is 13.2 Å². The number of esters is 1. The molecule has 0 saturated heterocycles. The summed E-state index contributed by atoms with van der Waals surface area (Å²) in [6.45, 7) is 1.48. The highest BCUT2D eigenvalue weighted by Crippen LogP contribution is 2.26. The van der Waals surface area contributed by atoms with Crippen molar-refractivity contribution in [2.24, 2.45) is 0 Å². The van der Waals surface area contributed by atoms with Gasteiger partial charge in [-0.2, -0.15) is 0 Å². The lowest BCUT2D eigenvalue weighted by Gasteiger charge is -2.13. The van der Waals surface area contributed by atoms with Crippen LogP contribution in [0, 0.1) is 15.9 Å². The summed E-state index contributed by atoms with van der Waals surface area (Å²) in [6, 6.07) is 13.8. The van der Waals surface area contributed by atoms with Crippen LogP contribution in [-0.2, 0) is 14.4 Å². The standard InChI is InChI=1S/C18H18FNO5/c1-13(18(21)24-10-5-11-25-20(22)23)15-8-9-16(17(19)12-15)14-6-3-2-4-7-14/h2-4,6-9,12-13H,5,10-11H2,1H3. The molecule has 0 fully saturated rings. The van der Waals surface area contributed by atoms with E-state index < -0.39 is 22.8 Å². The Hall–Kier alpha value is -2.96. The van der Waals surface area contributed by atoms with Crippen LogP contribution in [0.5, 0.6) is 0 Å². The van der Waals surface area contributed by atoms with Crippen LogP contribution in [0.25, 0.3) is 11.1 Å². The maximum Gasteiger partial charge on any atom is 0.313 e. The predicted molar refractivity (Wildman–Crippen MR) is 88.8 cm³/mol. The number of ether oxygens (including phenoxy) is 1. The molecule has 0 N–H and O–H groups in total. The maximum absolute atomic E-state index is 14.4. The summed E-state index contributed by atoms with van der Waals surface area (Å²) in [5, 5.41) is 9.09. The predicted octanol–water partition coefficient (Wildman–Crippen LogP) is 3.74. The van der Waals surface area contributed by atoms with Crippen LogP contribution in [0.1, 0.15) is 24.8 Å². The summed E-state index contributed by atoms with van der Waals surface area (Å²) in [6.07, 6.45) is 0.209. The molecule has 6 nitrogen and oxygen atoms in total. The zero-order valence-corrected chi connectivity index (χ0v) is 13.7. The molecule has 0 spiro atoms. The first-order valence-corrected chi connectivity index (χ1v) is 7.78. The SMILES string of the molecule is CC(C(=O)OCCCO[N+](=O)[O-])c1ccc(-c2ccccc2)c(F)c1. The molecule has 2 rings (SSSR count). The zero-order chi connectivity index (χ0) is 18.2. The molecular weight excluding hydrogens is 329 g/mol. The average Bonchev–Trinajstić information content (AvgIpc) is 2.61. The van der Waals surface area contributed by atoms with Crippen molar-refractivity contribution in [3.8, 4) is 11.1 Å². The van der Waals surface area contributed by atoms with E-state index in [0.717, 1.165) is 5.56 Å². The van der Waals surface area contributed by atoms with Gasteiger partial charge in [-0.1, -0.05) is 42.5 Å². The summed E-state index contributed by atoms with van der Waals surface area (Å²) >= 11 is 0. The minimum absolute atomic E-state index is 0.00158. The number of carbonyl (C=O) groups excluding carboxylic acids is 1. The fourth-order valence-corrected chi connectivity index (χ4v) is 2.28. The third kappa shape index (κ3) is 5.27. The highest BCUT2D eigenvalue weighted by atomic mass is 19.1. The summed E-state index contributed by atoms with van der Waals surface area (Å²) in [7, 11) is 0. The highest BCUT2D eigenvalue weighted by Gasteiger charge is 2.18. The molecule has 0 bridgehead atoms. The van der Waals surface area contributed by atoms with E-state index in [0.29, 0.717) is 11.1 Å². The third-order valence-corrected chi connectivity index (χ3v) is 3.66. The van der Waals surface area contributed by atoms with E-state index in [2.05, 4.69) is 4.84 Å². The lowest BCUT2D eigenvalue weighted by molar-refractivity contribution is -0.757. The Morgan fingerprint density at radius 3 is 2.56 bits per heavy atom. The molecule has 0 aliphatic rings. The van der Waals surface area contributed by atoms with Crippen molar-refractivity contribution >= 4 is 5.97 Å². The molecule has 0 aliphatic carbocycles. The lowest BCUT2D eigenvalue weighted by atomic mass is 9.97. The van der Waals surface area contributed by atoms with Gasteiger partial charge < -0.3 is 9.57 Å². The first kappa shape index (κ1) is 18.4. The van der Waals surface area contributed by atoms with Gasteiger partial charge in [0.1, 0.15) is 5.82 Å². The number of benzene rings is 2. The fraction of sp³-hybridized carbons (Fsp3) is 0.278. The number of hydrogen-bond acceptors (Lipinski definition) is 5. The van der Waals surface area contributed by atoms with Crippen molar-refractivity contribution < 1.29 is 23.8 Å². The number of halogens is 1. The second-order valence-corrected chi connectivity index (χ2v) is 5.40. The van der Waals surface area contributed by atoms with Gasteiger partial charge in [0.05, 0.1) is 19.1 Å². The molecule has 132 valence electrons. The molecule has 0 saturated carbocycles. The number of nitrogens with zero attached hydrogens (tertiary/aromatic N) is 1. The van der Waals surface area contributed by atoms with Crippen molar-refractivity contribution in [3.63, 3.8) is 0 Å². The van der Waals surface area contributed by atoms with E-state index in [4.69, 9.17) is 4.74 Å². The molecule has 0 aromatic heterocycles. The van der Waals surface area contributed by atoms with E-state index in [-0.39, 0.29) is 19.6 Å². The summed E-state index contributed by atoms with van der Waals surface area (Å²) in [5.41, 5.74) is 1.72. The van der Waals surface area contributed by atoms with Crippen LogP contribution in [0.15, 0.2) is 48.5 Å². The number of carbonyl (C=O) groups is 1. The Morgan fingerprint density at radius 2 is 1.92 bits per heavy atom. The van der Waals surface area contributed by atoms with Crippen LogP contribution < -0.4 is 0 Å². The van der Waals surface area contributed by atoms with Crippen LogP contribution in [0.2, 0.25) is 0 Å². The smallest absolute Gasteiger partial charge is 0.313 e. The van der Waals surface area contributed by atoms with Crippen LogP contribution in [0.4, 0.5) is 4.39 Å². The Balaban J connectivity index is 1.95. The van der Waals surface area contributed by atoms with Gasteiger partial charge in [-0.3, -0.25) is 4.79 Å². The van der Waals surface area contributed by atoms with E-state index in [1.807, 2.05) is 30.3 Å². The van der Waals surface area contributed by atoms with Gasteiger partial charge in [0.25, 0.3) is 5.09 Å². The second kappa shape index (κ2) is 8.77. The molecule has 1 atom stereocenters. The first-order chi connectivity index (χ1) is 12.0. The quantitative estimate of drug-likeness (QED) is 0.315. The van der Waals surface area contributed by atoms with E-state index in [9.17, 15) is 19.3 Å². The van der Waals surface area contributed by atoms with Crippen LogP contribution >= 0.6 is 0 Å². The van der Waals surface area contributed by atoms with Crippen LogP contribution in [0.3, 0.4) is 0 Å². The topological polar surface area (TPSA) is 78.7 Å². The van der Waals surface area contributed by atoms with Crippen molar-refractivity contribution in [3.05, 3.63) is 70.0 Å². The number of hydrogen-bond donors (Lipinski definition) is 0. The van der Waals surface area contributed by atoms with E-state index in [1.165, 1.54) is 6.07 Å². The Bertz CT molecular complexity index is 736. The zero-order valence-electron chi connectivity index (χ0n) is 13.7. The van der Waals surface area contributed by atoms with Gasteiger partial charge in [-0.05, 0) is 24.1 Å². The number of rotatable bonds is 8. The van der Waals surface area contributed by atoms with E-state index >= 15 is 0 Å². The van der Waals surface area contributed by atoms with Gasteiger partial charge in [0, 0.05) is 12.0 Å². The average molecular weight is 347 g/mol. The molecule has 1 unspecified atom stereocenters. The Kier molecular flexibility index (Phi) is 6.45. The third-order valence-electron chi connectivity index (χ3n) is 3.66. The molecule has 25 heavy (non-hydrogen) atoms. The largest absolute Gasteiger partial charge is 0.465 e. The van der Waals surface area contributed by atoms with Crippen molar-refractivity contribution in [1.29, 1.82) is 0 Å². The molecule has 2 aromatic carbocycles. The van der Waals surface area contributed by atoms with Crippen LogP contribution in [-0.4, -0.2) is 24.3 Å². The molecule has 2 aromatic rings. The molecule has 7 heteroatoms. The highest BCUT2D eigenvalue weighted by molar-refractivity contribution is 5.78. The van der Waals surface area contributed by atoms with Crippen molar-refractivity contribution in [2.45, 2.75) is 19.3 Å². The molecule has 0 amide bonds. The normalized spacial score (nSPS) is 11.6.